The highest BCUT2D eigenvalue weighted by atomic mass is 79.9. The SMILES string of the molecule is CCOC(=O)c1ccc(NC(=S)NC(=O)COc2ccc(Br)cc2Cl)cc1. The van der Waals surface area contributed by atoms with Crippen LogP contribution in [0.4, 0.5) is 5.69 Å². The van der Waals surface area contributed by atoms with E-state index in [2.05, 4.69) is 26.6 Å². The van der Waals surface area contributed by atoms with Gasteiger partial charge in [-0.05, 0) is 61.6 Å². The summed E-state index contributed by atoms with van der Waals surface area (Å²) >= 11 is 14.4. The van der Waals surface area contributed by atoms with E-state index in [1.807, 2.05) is 0 Å². The Kier molecular flexibility index (Phi) is 8.02. The molecule has 2 aromatic carbocycles. The van der Waals surface area contributed by atoms with Crippen molar-refractivity contribution in [3.8, 4) is 5.75 Å². The van der Waals surface area contributed by atoms with Crippen molar-refractivity contribution in [1.82, 2.24) is 5.32 Å². The van der Waals surface area contributed by atoms with Gasteiger partial charge in [-0.25, -0.2) is 4.79 Å². The number of halogens is 2. The van der Waals surface area contributed by atoms with Crippen LogP contribution in [0.25, 0.3) is 0 Å². The number of carbonyl (C=O) groups excluding carboxylic acids is 2. The molecule has 2 rings (SSSR count). The number of ether oxygens (including phenoxy) is 2. The van der Waals surface area contributed by atoms with Gasteiger partial charge in [0, 0.05) is 10.2 Å². The summed E-state index contributed by atoms with van der Waals surface area (Å²) in [7, 11) is 0. The molecule has 0 aromatic heterocycles. The van der Waals surface area contributed by atoms with Gasteiger partial charge < -0.3 is 14.8 Å². The van der Waals surface area contributed by atoms with E-state index in [9.17, 15) is 9.59 Å². The highest BCUT2D eigenvalue weighted by Gasteiger charge is 2.09. The second kappa shape index (κ2) is 10.2. The average Bonchev–Trinajstić information content (AvgIpc) is 2.61. The van der Waals surface area contributed by atoms with Gasteiger partial charge in [0.2, 0.25) is 0 Å². The molecular weight excluding hydrogens is 456 g/mol. The van der Waals surface area contributed by atoms with E-state index in [4.69, 9.17) is 33.3 Å². The normalized spacial score (nSPS) is 10.0. The monoisotopic (exact) mass is 470 g/mol. The molecule has 0 saturated heterocycles. The topological polar surface area (TPSA) is 76.7 Å². The van der Waals surface area contributed by atoms with Gasteiger partial charge in [0.15, 0.2) is 11.7 Å². The van der Waals surface area contributed by atoms with E-state index in [-0.39, 0.29) is 11.7 Å². The minimum absolute atomic E-state index is 0.106. The summed E-state index contributed by atoms with van der Waals surface area (Å²) in [4.78, 5) is 23.5. The lowest BCUT2D eigenvalue weighted by Gasteiger charge is -2.11. The number of hydrogen-bond acceptors (Lipinski definition) is 5. The first kappa shape index (κ1) is 21.1. The van der Waals surface area contributed by atoms with Crippen LogP contribution in [0.5, 0.6) is 5.75 Å². The van der Waals surface area contributed by atoms with Crippen molar-refractivity contribution >= 4 is 62.4 Å². The first-order valence-electron chi connectivity index (χ1n) is 7.85. The van der Waals surface area contributed by atoms with Crippen LogP contribution >= 0.6 is 39.7 Å². The maximum atomic E-state index is 11.9. The second-order valence-corrected chi connectivity index (χ2v) is 6.89. The first-order chi connectivity index (χ1) is 12.9. The van der Waals surface area contributed by atoms with Crippen molar-refractivity contribution in [2.45, 2.75) is 6.92 Å². The van der Waals surface area contributed by atoms with Crippen molar-refractivity contribution in [2.75, 3.05) is 18.5 Å². The van der Waals surface area contributed by atoms with Crippen molar-refractivity contribution in [3.63, 3.8) is 0 Å². The highest BCUT2D eigenvalue weighted by molar-refractivity contribution is 9.10. The number of hydrogen-bond donors (Lipinski definition) is 2. The lowest BCUT2D eigenvalue weighted by Crippen LogP contribution is -2.37. The van der Waals surface area contributed by atoms with Gasteiger partial charge in [0.1, 0.15) is 5.75 Å². The zero-order valence-electron chi connectivity index (χ0n) is 14.3. The van der Waals surface area contributed by atoms with E-state index < -0.39 is 11.9 Å². The Hall–Kier alpha value is -2.16. The lowest BCUT2D eigenvalue weighted by molar-refractivity contribution is -0.121. The van der Waals surface area contributed by atoms with Crippen LogP contribution in [0, 0.1) is 0 Å². The van der Waals surface area contributed by atoms with Gasteiger partial charge in [0.25, 0.3) is 5.91 Å². The molecule has 2 N–H and O–H groups in total. The summed E-state index contributed by atoms with van der Waals surface area (Å²) in [6, 6.07) is 11.6. The van der Waals surface area contributed by atoms with Crippen LogP contribution in [0.2, 0.25) is 5.02 Å². The van der Waals surface area contributed by atoms with E-state index in [1.165, 1.54) is 0 Å². The molecule has 0 aliphatic heterocycles. The molecule has 0 aliphatic rings. The minimum Gasteiger partial charge on any atom is -0.482 e. The lowest BCUT2D eigenvalue weighted by atomic mass is 10.2. The van der Waals surface area contributed by atoms with Crippen LogP contribution in [0.15, 0.2) is 46.9 Å². The molecule has 142 valence electrons. The minimum atomic E-state index is -0.436. The predicted molar refractivity (Wildman–Crippen MR) is 111 cm³/mol. The molecule has 0 fully saturated rings. The smallest absolute Gasteiger partial charge is 0.338 e. The van der Waals surface area contributed by atoms with E-state index in [1.54, 1.807) is 49.4 Å². The predicted octanol–water partition coefficient (Wildman–Crippen LogP) is 4.17. The Morgan fingerprint density at radius 1 is 1.19 bits per heavy atom. The van der Waals surface area contributed by atoms with Crippen LogP contribution in [0.3, 0.4) is 0 Å². The van der Waals surface area contributed by atoms with Crippen molar-refractivity contribution in [1.29, 1.82) is 0 Å². The van der Waals surface area contributed by atoms with Gasteiger partial charge in [-0.15, -0.1) is 0 Å². The van der Waals surface area contributed by atoms with E-state index in [0.717, 1.165) is 4.47 Å². The average molecular weight is 472 g/mol. The number of thiocarbonyl (C=S) groups is 1. The van der Waals surface area contributed by atoms with Crippen molar-refractivity contribution < 1.29 is 19.1 Å². The number of benzene rings is 2. The number of rotatable bonds is 6. The molecule has 0 heterocycles. The number of nitrogens with one attached hydrogen (secondary N) is 2. The molecule has 0 radical (unpaired) electrons. The van der Waals surface area contributed by atoms with Crippen LogP contribution < -0.4 is 15.4 Å². The summed E-state index contributed by atoms with van der Waals surface area (Å²) in [5, 5.41) is 5.84. The second-order valence-electron chi connectivity index (χ2n) is 5.16. The molecule has 0 unspecified atom stereocenters. The molecule has 0 aliphatic carbocycles. The Labute approximate surface area is 175 Å². The first-order valence-corrected chi connectivity index (χ1v) is 9.43. The summed E-state index contributed by atoms with van der Waals surface area (Å²) in [6.45, 7) is 1.80. The summed E-state index contributed by atoms with van der Waals surface area (Å²) in [5.41, 5.74) is 1.04. The zero-order chi connectivity index (χ0) is 19.8. The fraction of sp³-hybridized carbons (Fsp3) is 0.167. The molecular formula is C18H16BrClN2O4S. The molecule has 0 bridgehead atoms. The standard InChI is InChI=1S/C18H16BrClN2O4S/c1-2-25-17(24)11-3-6-13(7-4-11)21-18(27)22-16(23)10-26-15-8-5-12(19)9-14(15)20/h3-9H,2,10H2,1H3,(H2,21,22,23,27). The Morgan fingerprint density at radius 2 is 1.89 bits per heavy atom. The number of anilines is 1. The Morgan fingerprint density at radius 3 is 2.52 bits per heavy atom. The largest absolute Gasteiger partial charge is 0.482 e. The van der Waals surface area contributed by atoms with Gasteiger partial charge >= 0.3 is 5.97 Å². The molecule has 1 amide bonds. The molecule has 27 heavy (non-hydrogen) atoms. The number of carbonyl (C=O) groups is 2. The number of esters is 1. The third-order valence-corrected chi connectivity index (χ3v) is 4.15. The molecule has 0 atom stereocenters. The highest BCUT2D eigenvalue weighted by Crippen LogP contribution is 2.27. The maximum Gasteiger partial charge on any atom is 0.338 e. The van der Waals surface area contributed by atoms with Gasteiger partial charge in [-0.3, -0.25) is 10.1 Å². The van der Waals surface area contributed by atoms with E-state index in [0.29, 0.717) is 28.6 Å². The Bertz CT molecular complexity index is 846. The van der Waals surface area contributed by atoms with Gasteiger partial charge in [-0.2, -0.15) is 0 Å². The maximum absolute atomic E-state index is 11.9. The molecule has 6 nitrogen and oxygen atoms in total. The fourth-order valence-electron chi connectivity index (χ4n) is 1.96. The molecule has 2 aromatic rings. The van der Waals surface area contributed by atoms with Crippen LogP contribution in [0.1, 0.15) is 17.3 Å². The third-order valence-electron chi connectivity index (χ3n) is 3.16. The van der Waals surface area contributed by atoms with Crippen molar-refractivity contribution in [2.24, 2.45) is 0 Å². The number of amides is 1. The third kappa shape index (κ3) is 6.82. The quantitative estimate of drug-likeness (QED) is 0.486. The van der Waals surface area contributed by atoms with E-state index >= 15 is 0 Å². The summed E-state index contributed by atoms with van der Waals surface area (Å²) in [5.74, 6) is -0.443. The molecule has 0 spiro atoms. The molecule has 0 saturated carbocycles. The van der Waals surface area contributed by atoms with Gasteiger partial charge in [-0.1, -0.05) is 27.5 Å². The van der Waals surface area contributed by atoms with Gasteiger partial charge in [0.05, 0.1) is 17.2 Å². The van der Waals surface area contributed by atoms with Crippen molar-refractivity contribution in [3.05, 3.63) is 57.5 Å². The zero-order valence-corrected chi connectivity index (χ0v) is 17.4. The molecule has 9 heteroatoms. The Balaban J connectivity index is 1.82. The van der Waals surface area contributed by atoms with Crippen LogP contribution in [-0.4, -0.2) is 30.2 Å². The van der Waals surface area contributed by atoms with Crippen LogP contribution in [-0.2, 0) is 9.53 Å². The fourth-order valence-corrected chi connectivity index (χ4v) is 2.92. The summed E-state index contributed by atoms with van der Waals surface area (Å²) < 4.78 is 11.1. The summed E-state index contributed by atoms with van der Waals surface area (Å²) in [6.07, 6.45) is 0.